The van der Waals surface area contributed by atoms with Crippen molar-refractivity contribution in [2.45, 2.75) is 26.1 Å². The lowest BCUT2D eigenvalue weighted by atomic mass is 9.99. The van der Waals surface area contributed by atoms with Crippen LogP contribution in [0.4, 0.5) is 13.2 Å². The van der Waals surface area contributed by atoms with E-state index in [-0.39, 0.29) is 0 Å². The highest BCUT2D eigenvalue weighted by atomic mass is 19.4. The van der Waals surface area contributed by atoms with E-state index in [9.17, 15) is 18.0 Å². The van der Waals surface area contributed by atoms with Crippen LogP contribution in [0.5, 0.6) is 0 Å². The first-order valence-corrected chi connectivity index (χ1v) is 3.42. The Morgan fingerprint density at radius 1 is 1.54 bits per heavy atom. The van der Waals surface area contributed by atoms with Crippen molar-refractivity contribution < 1.29 is 18.0 Å². The molecule has 0 aromatic rings. The summed E-state index contributed by atoms with van der Waals surface area (Å²) in [5.74, 6) is -2.73. The summed E-state index contributed by atoms with van der Waals surface area (Å²) < 4.78 is 36.1. The van der Waals surface area contributed by atoms with E-state index < -0.39 is 23.9 Å². The molecule has 74 valence electrons. The summed E-state index contributed by atoms with van der Waals surface area (Å²) in [7, 11) is 0. The number of hydrogen-bond donors (Lipinski definition) is 0. The number of halogens is 3. The van der Waals surface area contributed by atoms with Gasteiger partial charge in [-0.2, -0.15) is 13.2 Å². The maximum absolute atomic E-state index is 12.0. The topological polar surface area (TPSA) is 65.8 Å². The molecule has 13 heavy (non-hydrogen) atoms. The van der Waals surface area contributed by atoms with Crippen LogP contribution in [0.25, 0.3) is 10.4 Å². The summed E-state index contributed by atoms with van der Waals surface area (Å²) in [6.45, 7) is 1.77. The van der Waals surface area contributed by atoms with Gasteiger partial charge in [0.15, 0.2) is 0 Å². The number of rotatable bonds is 3. The van der Waals surface area contributed by atoms with Crippen molar-refractivity contribution in [2.24, 2.45) is 11.0 Å². The number of azide groups is 1. The third-order valence-electron chi connectivity index (χ3n) is 1.58. The van der Waals surface area contributed by atoms with E-state index in [4.69, 9.17) is 5.53 Å². The van der Waals surface area contributed by atoms with Crippen molar-refractivity contribution in [1.29, 1.82) is 0 Å². The van der Waals surface area contributed by atoms with Crippen molar-refractivity contribution in [3.8, 4) is 0 Å². The number of carbonyl (C=O) groups excluding carboxylic acids is 1. The minimum absolute atomic E-state index is 0.789. The van der Waals surface area contributed by atoms with Gasteiger partial charge in [0.05, 0.1) is 5.92 Å². The zero-order valence-corrected chi connectivity index (χ0v) is 7.04. The molecule has 4 nitrogen and oxygen atoms in total. The molecule has 0 spiro atoms. The molecular weight excluding hydrogens is 187 g/mol. The Labute approximate surface area is 72.4 Å². The number of nitrogens with zero attached hydrogens (tertiary/aromatic N) is 3. The van der Waals surface area contributed by atoms with Gasteiger partial charge in [0.2, 0.25) is 0 Å². The average molecular weight is 195 g/mol. The van der Waals surface area contributed by atoms with Gasteiger partial charge in [0, 0.05) is 4.91 Å². The fraction of sp³-hybridized carbons (Fsp3) is 0.833. The molecule has 0 bridgehead atoms. The second-order valence-corrected chi connectivity index (χ2v) is 2.59. The minimum atomic E-state index is -4.52. The van der Waals surface area contributed by atoms with Gasteiger partial charge < -0.3 is 0 Å². The molecule has 0 saturated carbocycles. The van der Waals surface area contributed by atoms with Crippen LogP contribution in [-0.4, -0.2) is 18.0 Å². The lowest BCUT2D eigenvalue weighted by molar-refractivity contribution is -0.177. The van der Waals surface area contributed by atoms with Crippen LogP contribution in [0.15, 0.2) is 5.11 Å². The first kappa shape index (κ1) is 11.8. The standard InChI is InChI=1S/C6H8F3N3O/c1-3(6(7,8)9)5(4(2)13)11-12-10/h3,5H,1-2H3/t3-,5+/m0/s1. The quantitative estimate of drug-likeness (QED) is 0.387. The van der Waals surface area contributed by atoms with E-state index in [1.54, 1.807) is 0 Å². The molecule has 0 aromatic carbocycles. The van der Waals surface area contributed by atoms with Crippen LogP contribution >= 0.6 is 0 Å². The molecule has 0 aliphatic carbocycles. The van der Waals surface area contributed by atoms with Crippen LogP contribution in [0, 0.1) is 5.92 Å². The summed E-state index contributed by atoms with van der Waals surface area (Å²) >= 11 is 0. The normalized spacial score (nSPS) is 15.8. The van der Waals surface area contributed by atoms with Crippen molar-refractivity contribution in [3.05, 3.63) is 10.4 Å². The Bertz CT molecular complexity index is 242. The zero-order valence-electron chi connectivity index (χ0n) is 7.04. The van der Waals surface area contributed by atoms with Crippen molar-refractivity contribution in [1.82, 2.24) is 0 Å². The Kier molecular flexibility index (Phi) is 3.74. The van der Waals surface area contributed by atoms with Gasteiger partial charge in [0.25, 0.3) is 0 Å². The van der Waals surface area contributed by atoms with Crippen molar-refractivity contribution in [3.63, 3.8) is 0 Å². The SMILES string of the molecule is CC(=O)[C@H](N=[N+]=[N-])[C@H](C)C(F)(F)F. The molecule has 0 heterocycles. The second kappa shape index (κ2) is 4.13. The van der Waals surface area contributed by atoms with Crippen LogP contribution in [0.2, 0.25) is 0 Å². The maximum atomic E-state index is 12.0. The first-order chi connectivity index (χ1) is 5.80. The van der Waals surface area contributed by atoms with Gasteiger partial charge in [-0.1, -0.05) is 12.0 Å². The Morgan fingerprint density at radius 2 is 2.00 bits per heavy atom. The summed E-state index contributed by atoms with van der Waals surface area (Å²) in [6.07, 6.45) is -4.52. The van der Waals surface area contributed by atoms with E-state index in [1.807, 2.05) is 0 Å². The molecule has 0 aliphatic heterocycles. The van der Waals surface area contributed by atoms with Gasteiger partial charge in [-0.15, -0.1) is 0 Å². The highest BCUT2D eigenvalue weighted by Gasteiger charge is 2.42. The fourth-order valence-electron chi connectivity index (χ4n) is 0.768. The Hall–Kier alpha value is -1.23. The number of alkyl halides is 3. The second-order valence-electron chi connectivity index (χ2n) is 2.59. The molecule has 0 rings (SSSR count). The average Bonchev–Trinajstić information content (AvgIpc) is 1.96. The third kappa shape index (κ3) is 3.33. The highest BCUT2D eigenvalue weighted by Crippen LogP contribution is 2.30. The van der Waals surface area contributed by atoms with Crippen LogP contribution in [0.3, 0.4) is 0 Å². The van der Waals surface area contributed by atoms with Gasteiger partial charge in [0.1, 0.15) is 11.8 Å². The monoisotopic (exact) mass is 195 g/mol. The summed E-state index contributed by atoms with van der Waals surface area (Å²) in [4.78, 5) is 12.9. The van der Waals surface area contributed by atoms with E-state index >= 15 is 0 Å². The number of ketones is 1. The van der Waals surface area contributed by atoms with Gasteiger partial charge in [-0.25, -0.2) is 0 Å². The molecule has 0 saturated heterocycles. The third-order valence-corrected chi connectivity index (χ3v) is 1.58. The maximum Gasteiger partial charge on any atom is 0.392 e. The number of Topliss-reactive ketones (excluding diaryl/α,β-unsaturated/α-hetero) is 1. The molecule has 7 heteroatoms. The van der Waals surface area contributed by atoms with Gasteiger partial charge in [-0.05, 0) is 12.5 Å². The van der Waals surface area contributed by atoms with E-state index in [1.165, 1.54) is 0 Å². The molecular formula is C6H8F3N3O. The Morgan fingerprint density at radius 3 is 2.23 bits per heavy atom. The summed E-state index contributed by atoms with van der Waals surface area (Å²) in [5, 5.41) is 2.80. The van der Waals surface area contributed by atoms with E-state index in [2.05, 4.69) is 10.0 Å². The molecule has 0 fully saturated rings. The lowest BCUT2D eigenvalue weighted by Crippen LogP contribution is -2.34. The summed E-state index contributed by atoms with van der Waals surface area (Å²) in [6, 6.07) is -1.66. The lowest BCUT2D eigenvalue weighted by Gasteiger charge is -2.19. The van der Waals surface area contributed by atoms with E-state index in [0.717, 1.165) is 13.8 Å². The van der Waals surface area contributed by atoms with Crippen LogP contribution in [-0.2, 0) is 4.79 Å². The predicted molar refractivity (Wildman–Crippen MR) is 38.8 cm³/mol. The number of hydrogen-bond acceptors (Lipinski definition) is 2. The highest BCUT2D eigenvalue weighted by molar-refractivity contribution is 5.81. The van der Waals surface area contributed by atoms with Crippen LogP contribution < -0.4 is 0 Å². The van der Waals surface area contributed by atoms with Crippen LogP contribution in [0.1, 0.15) is 13.8 Å². The molecule has 0 N–H and O–H groups in total. The van der Waals surface area contributed by atoms with Crippen molar-refractivity contribution >= 4 is 5.78 Å². The molecule has 0 radical (unpaired) electrons. The van der Waals surface area contributed by atoms with E-state index in [0.29, 0.717) is 0 Å². The minimum Gasteiger partial charge on any atom is -0.300 e. The Balaban J connectivity index is 4.76. The molecule has 0 aliphatic rings. The predicted octanol–water partition coefficient (Wildman–Crippen LogP) is 2.45. The number of carbonyl (C=O) groups is 1. The van der Waals surface area contributed by atoms with Gasteiger partial charge >= 0.3 is 6.18 Å². The first-order valence-electron chi connectivity index (χ1n) is 3.42. The smallest absolute Gasteiger partial charge is 0.300 e. The largest absolute Gasteiger partial charge is 0.392 e. The fourth-order valence-corrected chi connectivity index (χ4v) is 0.768. The summed E-state index contributed by atoms with van der Waals surface area (Å²) in [5.41, 5.74) is 7.94. The molecule has 0 unspecified atom stereocenters. The molecule has 0 aromatic heterocycles. The zero-order chi connectivity index (χ0) is 10.6. The molecule has 0 amide bonds. The molecule has 2 atom stereocenters. The van der Waals surface area contributed by atoms with Gasteiger partial charge in [-0.3, -0.25) is 4.79 Å². The van der Waals surface area contributed by atoms with Crippen molar-refractivity contribution in [2.75, 3.05) is 0 Å².